The molecule has 0 unspecified atom stereocenters. The van der Waals surface area contributed by atoms with E-state index in [0.717, 1.165) is 6.20 Å². The van der Waals surface area contributed by atoms with Gasteiger partial charge in [-0.05, 0) is 48.5 Å². The van der Waals surface area contributed by atoms with E-state index in [0.29, 0.717) is 15.4 Å². The zero-order valence-corrected chi connectivity index (χ0v) is 16.2. The summed E-state index contributed by atoms with van der Waals surface area (Å²) >= 11 is 5.78. The number of nitrogens with one attached hydrogen (secondary N) is 3. The normalized spacial score (nSPS) is 11.1. The maximum Gasteiger partial charge on any atom is 0.434 e. The number of halogens is 4. The summed E-state index contributed by atoms with van der Waals surface area (Å²) in [6, 6.07) is 11.0. The highest BCUT2D eigenvalue weighted by Crippen LogP contribution is 2.34. The van der Waals surface area contributed by atoms with Crippen LogP contribution in [0.4, 0.5) is 29.3 Å². The summed E-state index contributed by atoms with van der Waals surface area (Å²) in [5.41, 5.74) is -1.05. The fourth-order valence-corrected chi connectivity index (χ4v) is 2.72. The van der Waals surface area contributed by atoms with Crippen molar-refractivity contribution < 1.29 is 22.8 Å². The summed E-state index contributed by atoms with van der Waals surface area (Å²) in [5, 5.41) is 11.4. The Kier molecular flexibility index (Phi) is 5.97. The zero-order valence-electron chi connectivity index (χ0n) is 15.4. The first-order chi connectivity index (χ1) is 14.2. The minimum Gasteiger partial charge on any atom is -0.341 e. The highest BCUT2D eigenvalue weighted by atomic mass is 35.5. The largest absolute Gasteiger partial charge is 0.434 e. The molecule has 3 amide bonds. The second kappa shape index (κ2) is 8.46. The van der Waals surface area contributed by atoms with Crippen LogP contribution >= 0.6 is 11.6 Å². The van der Waals surface area contributed by atoms with Crippen LogP contribution in [0, 0.1) is 0 Å². The Labute approximate surface area is 173 Å². The Hall–Kier alpha value is -3.53. The van der Waals surface area contributed by atoms with Crippen LogP contribution in [0.3, 0.4) is 0 Å². The van der Waals surface area contributed by atoms with Gasteiger partial charge in [-0.1, -0.05) is 11.6 Å². The molecule has 30 heavy (non-hydrogen) atoms. The second-order valence-electron chi connectivity index (χ2n) is 6.03. The monoisotopic (exact) mass is 437 g/mol. The van der Waals surface area contributed by atoms with E-state index in [4.69, 9.17) is 11.6 Å². The molecule has 0 spiro atoms. The lowest BCUT2D eigenvalue weighted by atomic mass is 10.2. The van der Waals surface area contributed by atoms with Gasteiger partial charge in [-0.2, -0.15) is 18.3 Å². The van der Waals surface area contributed by atoms with Gasteiger partial charge in [0.1, 0.15) is 0 Å². The van der Waals surface area contributed by atoms with Crippen LogP contribution in [0.2, 0.25) is 5.02 Å². The van der Waals surface area contributed by atoms with Gasteiger partial charge in [0.2, 0.25) is 0 Å². The maximum atomic E-state index is 13.7. The van der Waals surface area contributed by atoms with Gasteiger partial charge in [0.05, 0.1) is 17.4 Å². The van der Waals surface area contributed by atoms with Gasteiger partial charge in [0, 0.05) is 23.4 Å². The second-order valence-corrected chi connectivity index (χ2v) is 6.46. The molecule has 156 valence electrons. The number of hydrogen-bond donors (Lipinski definition) is 3. The third kappa shape index (κ3) is 4.71. The van der Waals surface area contributed by atoms with Crippen molar-refractivity contribution in [3.05, 3.63) is 71.0 Å². The number of carbonyl (C=O) groups excluding carboxylic acids is 2. The Morgan fingerprint density at radius 3 is 2.07 bits per heavy atom. The van der Waals surface area contributed by atoms with Crippen molar-refractivity contribution in [1.29, 1.82) is 0 Å². The van der Waals surface area contributed by atoms with E-state index in [1.54, 1.807) is 0 Å². The fraction of sp³-hybridized carbons (Fsp3) is 0.105. The van der Waals surface area contributed by atoms with Crippen molar-refractivity contribution in [3.63, 3.8) is 0 Å². The van der Waals surface area contributed by atoms with Crippen molar-refractivity contribution in [2.75, 3.05) is 17.7 Å². The molecule has 0 atom stereocenters. The Bertz CT molecular complexity index is 1060. The average Bonchev–Trinajstić information content (AvgIpc) is 3.16. The molecule has 7 nitrogen and oxygen atoms in total. The number of nitrogens with zero attached hydrogens (tertiary/aromatic N) is 2. The molecule has 0 radical (unpaired) electrons. The molecule has 3 aromatic rings. The SMILES string of the molecule is CNC(=O)Nc1ccc(NC(=O)c2cnn(-c3ccc(Cl)cc3)c2C(F)(F)F)cc1. The third-order valence-electron chi connectivity index (χ3n) is 3.98. The smallest absolute Gasteiger partial charge is 0.341 e. The zero-order chi connectivity index (χ0) is 21.9. The van der Waals surface area contributed by atoms with E-state index in [9.17, 15) is 22.8 Å². The summed E-state index contributed by atoms with van der Waals surface area (Å²) in [6.45, 7) is 0. The number of hydrogen-bond acceptors (Lipinski definition) is 3. The molecule has 3 N–H and O–H groups in total. The number of benzene rings is 2. The van der Waals surface area contributed by atoms with Crippen molar-refractivity contribution in [3.8, 4) is 5.69 Å². The van der Waals surface area contributed by atoms with Gasteiger partial charge in [0.25, 0.3) is 5.91 Å². The quantitative estimate of drug-likeness (QED) is 0.559. The topological polar surface area (TPSA) is 88.1 Å². The van der Waals surface area contributed by atoms with Crippen LogP contribution in [0.25, 0.3) is 5.69 Å². The van der Waals surface area contributed by atoms with Gasteiger partial charge in [0.15, 0.2) is 5.69 Å². The summed E-state index contributed by atoms with van der Waals surface area (Å²) in [5.74, 6) is -0.977. The number of amides is 3. The number of aromatic nitrogens is 2. The number of rotatable bonds is 4. The molecule has 3 rings (SSSR count). The molecular weight excluding hydrogens is 423 g/mol. The highest BCUT2D eigenvalue weighted by molar-refractivity contribution is 6.30. The summed E-state index contributed by atoms with van der Waals surface area (Å²) in [7, 11) is 1.45. The van der Waals surface area contributed by atoms with Crippen LogP contribution in [0.1, 0.15) is 16.1 Å². The van der Waals surface area contributed by atoms with Crippen LogP contribution < -0.4 is 16.0 Å². The van der Waals surface area contributed by atoms with E-state index in [2.05, 4.69) is 21.0 Å². The van der Waals surface area contributed by atoms with Crippen LogP contribution in [0.15, 0.2) is 54.7 Å². The first kappa shape index (κ1) is 21.2. The molecule has 0 aliphatic rings. The minimum atomic E-state index is -4.83. The van der Waals surface area contributed by atoms with Crippen molar-refractivity contribution in [1.82, 2.24) is 15.1 Å². The van der Waals surface area contributed by atoms with Crippen LogP contribution in [0.5, 0.6) is 0 Å². The Balaban J connectivity index is 1.87. The molecule has 0 aliphatic heterocycles. The predicted octanol–water partition coefficient (Wildman–Crippen LogP) is 4.55. The highest BCUT2D eigenvalue weighted by Gasteiger charge is 2.40. The Morgan fingerprint density at radius 1 is 0.967 bits per heavy atom. The fourth-order valence-electron chi connectivity index (χ4n) is 2.59. The molecule has 0 bridgehead atoms. The molecule has 1 aromatic heterocycles. The number of urea groups is 1. The molecule has 0 fully saturated rings. The van der Waals surface area contributed by atoms with Gasteiger partial charge >= 0.3 is 12.2 Å². The minimum absolute atomic E-state index is 0.107. The van der Waals surface area contributed by atoms with Gasteiger partial charge in [-0.25, -0.2) is 9.48 Å². The van der Waals surface area contributed by atoms with Gasteiger partial charge in [-0.3, -0.25) is 4.79 Å². The standard InChI is InChI=1S/C19H15ClF3N5O2/c1-24-18(30)27-13-6-4-12(5-7-13)26-17(29)15-10-25-28(16(15)19(21,22)23)14-8-2-11(20)3-9-14/h2-10H,1H3,(H,26,29)(H2,24,27,30). The van der Waals surface area contributed by atoms with Crippen LogP contribution in [-0.2, 0) is 6.18 Å². The summed E-state index contributed by atoms with van der Waals surface area (Å²) < 4.78 is 41.7. The maximum absolute atomic E-state index is 13.7. The van der Waals surface area contributed by atoms with E-state index in [1.165, 1.54) is 55.6 Å². The summed E-state index contributed by atoms with van der Waals surface area (Å²) in [4.78, 5) is 23.8. The number of anilines is 2. The lowest BCUT2D eigenvalue weighted by molar-refractivity contribution is -0.143. The predicted molar refractivity (Wildman–Crippen MR) is 106 cm³/mol. The third-order valence-corrected chi connectivity index (χ3v) is 4.23. The van der Waals surface area contributed by atoms with E-state index >= 15 is 0 Å². The molecule has 2 aromatic carbocycles. The number of carbonyl (C=O) groups is 2. The van der Waals surface area contributed by atoms with E-state index in [-0.39, 0.29) is 11.4 Å². The Morgan fingerprint density at radius 2 is 1.53 bits per heavy atom. The van der Waals surface area contributed by atoms with Gasteiger partial charge < -0.3 is 16.0 Å². The lowest BCUT2D eigenvalue weighted by Crippen LogP contribution is -2.24. The van der Waals surface area contributed by atoms with Crippen LogP contribution in [-0.4, -0.2) is 28.8 Å². The molecule has 0 aliphatic carbocycles. The van der Waals surface area contributed by atoms with Crippen molar-refractivity contribution in [2.24, 2.45) is 0 Å². The molecule has 0 saturated carbocycles. The number of alkyl halides is 3. The summed E-state index contributed by atoms with van der Waals surface area (Å²) in [6.07, 6.45) is -3.97. The molecule has 11 heteroatoms. The van der Waals surface area contributed by atoms with Crippen molar-refractivity contribution >= 4 is 34.9 Å². The lowest BCUT2D eigenvalue weighted by Gasteiger charge is -2.13. The van der Waals surface area contributed by atoms with Crippen molar-refractivity contribution in [2.45, 2.75) is 6.18 Å². The van der Waals surface area contributed by atoms with Gasteiger partial charge in [-0.15, -0.1) is 0 Å². The van der Waals surface area contributed by atoms with E-state index in [1.807, 2.05) is 0 Å². The first-order valence-electron chi connectivity index (χ1n) is 8.50. The first-order valence-corrected chi connectivity index (χ1v) is 8.88. The van der Waals surface area contributed by atoms with E-state index < -0.39 is 29.4 Å². The molecular formula is C19H15ClF3N5O2. The molecule has 0 saturated heterocycles. The molecule has 1 heterocycles. The average molecular weight is 438 g/mol.